The number of carbonyl (C=O) groups is 1. The first-order valence-corrected chi connectivity index (χ1v) is 9.36. The Balaban J connectivity index is 2.30. The number of hydrogen-bond donors (Lipinski definition) is 2. The lowest BCUT2D eigenvalue weighted by atomic mass is 10.1. The smallest absolute Gasteiger partial charge is 0.257 e. The predicted molar refractivity (Wildman–Crippen MR) is 89.1 cm³/mol. The molecule has 1 amide bonds. The van der Waals surface area contributed by atoms with Crippen LogP contribution in [0.5, 0.6) is 0 Å². The Labute approximate surface area is 139 Å². The van der Waals surface area contributed by atoms with Crippen LogP contribution in [-0.4, -0.2) is 24.5 Å². The van der Waals surface area contributed by atoms with Crippen molar-refractivity contribution in [2.45, 2.75) is 38.5 Å². The average Bonchev–Trinajstić information content (AvgIpc) is 2.88. The van der Waals surface area contributed by atoms with Gasteiger partial charge in [0.15, 0.2) is 0 Å². The van der Waals surface area contributed by atoms with Gasteiger partial charge < -0.3 is 0 Å². The van der Waals surface area contributed by atoms with Gasteiger partial charge in [-0.25, -0.2) is 13.6 Å². The van der Waals surface area contributed by atoms with E-state index in [-0.39, 0.29) is 10.5 Å². The summed E-state index contributed by atoms with van der Waals surface area (Å²) in [4.78, 5) is 12.3. The standard InChI is InChI=1S/C14H18N4O3S2/c1-4-5-12-17-18-14(22-12)16-13(19)10-6-8(2)9(3)11(7-10)23(15,20)21/h6-7H,4-5H2,1-3H3,(H2,15,20,21)(H,16,18,19). The molecule has 0 unspecified atom stereocenters. The summed E-state index contributed by atoms with van der Waals surface area (Å²) in [5.41, 5.74) is 1.42. The molecule has 9 heteroatoms. The van der Waals surface area contributed by atoms with Crippen LogP contribution in [0, 0.1) is 13.8 Å². The number of anilines is 1. The number of nitrogens with zero attached hydrogens (tertiary/aromatic N) is 2. The number of sulfonamides is 1. The van der Waals surface area contributed by atoms with Crippen molar-refractivity contribution in [3.63, 3.8) is 0 Å². The number of aryl methyl sites for hydroxylation is 2. The molecule has 1 aromatic carbocycles. The molecular weight excluding hydrogens is 336 g/mol. The number of rotatable bonds is 5. The Morgan fingerprint density at radius 3 is 2.61 bits per heavy atom. The number of hydrogen-bond acceptors (Lipinski definition) is 6. The van der Waals surface area contributed by atoms with Crippen molar-refractivity contribution < 1.29 is 13.2 Å². The molecule has 0 aliphatic heterocycles. The third kappa shape index (κ3) is 4.12. The molecule has 0 spiro atoms. The molecule has 7 nitrogen and oxygen atoms in total. The lowest BCUT2D eigenvalue weighted by Crippen LogP contribution is -2.17. The number of carbonyl (C=O) groups excluding carboxylic acids is 1. The molecule has 0 saturated carbocycles. The van der Waals surface area contributed by atoms with E-state index in [2.05, 4.69) is 15.5 Å². The highest BCUT2D eigenvalue weighted by Gasteiger charge is 2.18. The molecule has 0 fully saturated rings. The van der Waals surface area contributed by atoms with Crippen molar-refractivity contribution in [2.75, 3.05) is 5.32 Å². The van der Waals surface area contributed by atoms with E-state index < -0.39 is 15.9 Å². The third-order valence-corrected chi connectivity index (χ3v) is 5.28. The minimum absolute atomic E-state index is 0.0495. The fourth-order valence-corrected chi connectivity index (χ4v) is 3.76. The second-order valence-electron chi connectivity index (χ2n) is 5.17. The zero-order chi connectivity index (χ0) is 17.2. The maximum absolute atomic E-state index is 12.3. The molecule has 0 radical (unpaired) electrons. The minimum Gasteiger partial charge on any atom is -0.296 e. The number of nitrogens with one attached hydrogen (secondary N) is 1. The highest BCUT2D eigenvalue weighted by Crippen LogP contribution is 2.22. The van der Waals surface area contributed by atoms with E-state index in [1.165, 1.54) is 17.4 Å². The first-order valence-electron chi connectivity index (χ1n) is 7.00. The fourth-order valence-electron chi connectivity index (χ4n) is 2.04. The molecule has 3 N–H and O–H groups in total. The lowest BCUT2D eigenvalue weighted by Gasteiger charge is -2.10. The van der Waals surface area contributed by atoms with E-state index in [1.807, 2.05) is 6.92 Å². The van der Waals surface area contributed by atoms with Crippen molar-refractivity contribution in [2.24, 2.45) is 5.14 Å². The van der Waals surface area contributed by atoms with Gasteiger partial charge in [0.25, 0.3) is 5.91 Å². The number of aromatic nitrogens is 2. The van der Waals surface area contributed by atoms with Gasteiger partial charge in [0.1, 0.15) is 5.01 Å². The van der Waals surface area contributed by atoms with E-state index >= 15 is 0 Å². The molecule has 0 aliphatic rings. The van der Waals surface area contributed by atoms with Crippen LogP contribution < -0.4 is 10.5 Å². The Morgan fingerprint density at radius 1 is 1.30 bits per heavy atom. The van der Waals surface area contributed by atoms with Crippen LogP contribution in [-0.2, 0) is 16.4 Å². The normalized spacial score (nSPS) is 11.5. The predicted octanol–water partition coefficient (Wildman–Crippen LogP) is 2.01. The molecule has 23 heavy (non-hydrogen) atoms. The summed E-state index contributed by atoms with van der Waals surface area (Å²) in [6.45, 7) is 5.41. The summed E-state index contributed by atoms with van der Waals surface area (Å²) in [5.74, 6) is -0.447. The number of amides is 1. The van der Waals surface area contributed by atoms with Crippen molar-refractivity contribution in [3.8, 4) is 0 Å². The van der Waals surface area contributed by atoms with Crippen LogP contribution in [0.4, 0.5) is 5.13 Å². The maximum Gasteiger partial charge on any atom is 0.257 e. The molecule has 0 atom stereocenters. The molecule has 0 aliphatic carbocycles. The van der Waals surface area contributed by atoms with E-state index in [9.17, 15) is 13.2 Å². The zero-order valence-corrected chi connectivity index (χ0v) is 14.7. The monoisotopic (exact) mass is 354 g/mol. The third-order valence-electron chi connectivity index (χ3n) is 3.34. The SMILES string of the molecule is CCCc1nnc(NC(=O)c2cc(C)c(C)c(S(N)(=O)=O)c2)s1. The summed E-state index contributed by atoms with van der Waals surface area (Å²) >= 11 is 1.30. The van der Waals surface area contributed by atoms with Crippen molar-refractivity contribution >= 4 is 32.4 Å². The highest BCUT2D eigenvalue weighted by molar-refractivity contribution is 7.89. The molecule has 1 aromatic heterocycles. The van der Waals surface area contributed by atoms with Crippen LogP contribution in [0.3, 0.4) is 0 Å². The quantitative estimate of drug-likeness (QED) is 0.852. The molecule has 1 heterocycles. The molecule has 2 aromatic rings. The summed E-state index contributed by atoms with van der Waals surface area (Å²) in [5, 5.41) is 16.9. The second kappa shape index (κ2) is 6.73. The summed E-state index contributed by atoms with van der Waals surface area (Å²) in [6.07, 6.45) is 1.74. The summed E-state index contributed by atoms with van der Waals surface area (Å²) < 4.78 is 23.3. The number of primary sulfonamides is 1. The molecule has 124 valence electrons. The maximum atomic E-state index is 12.3. The van der Waals surface area contributed by atoms with Gasteiger partial charge in [-0.15, -0.1) is 10.2 Å². The Kier molecular flexibility index (Phi) is 5.12. The van der Waals surface area contributed by atoms with Crippen molar-refractivity contribution in [1.82, 2.24) is 10.2 Å². The Morgan fingerprint density at radius 2 is 2.00 bits per heavy atom. The zero-order valence-electron chi connectivity index (χ0n) is 13.1. The van der Waals surface area contributed by atoms with Gasteiger partial charge in [-0.2, -0.15) is 0 Å². The minimum atomic E-state index is -3.89. The van der Waals surface area contributed by atoms with E-state index in [0.29, 0.717) is 16.3 Å². The average molecular weight is 354 g/mol. The van der Waals surface area contributed by atoms with Gasteiger partial charge in [-0.1, -0.05) is 18.3 Å². The van der Waals surface area contributed by atoms with Crippen LogP contribution in [0.1, 0.15) is 39.8 Å². The van der Waals surface area contributed by atoms with E-state index in [4.69, 9.17) is 5.14 Å². The Bertz CT molecular complexity index is 844. The molecule has 0 bridgehead atoms. The largest absolute Gasteiger partial charge is 0.296 e. The number of benzene rings is 1. The fraction of sp³-hybridized carbons (Fsp3) is 0.357. The molecule has 2 rings (SSSR count). The van der Waals surface area contributed by atoms with Gasteiger partial charge in [-0.05, 0) is 43.5 Å². The van der Waals surface area contributed by atoms with Crippen molar-refractivity contribution in [3.05, 3.63) is 33.8 Å². The van der Waals surface area contributed by atoms with Gasteiger partial charge in [0.05, 0.1) is 4.90 Å². The summed E-state index contributed by atoms with van der Waals surface area (Å²) in [6, 6.07) is 2.90. The van der Waals surface area contributed by atoms with Crippen molar-refractivity contribution in [1.29, 1.82) is 0 Å². The van der Waals surface area contributed by atoms with Crippen LogP contribution >= 0.6 is 11.3 Å². The lowest BCUT2D eigenvalue weighted by molar-refractivity contribution is 0.102. The van der Waals surface area contributed by atoms with Gasteiger partial charge in [0, 0.05) is 12.0 Å². The van der Waals surface area contributed by atoms with Crippen LogP contribution in [0.25, 0.3) is 0 Å². The van der Waals surface area contributed by atoms with E-state index in [1.54, 1.807) is 19.9 Å². The first kappa shape index (κ1) is 17.5. The van der Waals surface area contributed by atoms with Gasteiger partial charge >= 0.3 is 0 Å². The van der Waals surface area contributed by atoms with Crippen LogP contribution in [0.15, 0.2) is 17.0 Å². The first-order chi connectivity index (χ1) is 10.7. The van der Waals surface area contributed by atoms with Gasteiger partial charge in [0.2, 0.25) is 15.2 Å². The van der Waals surface area contributed by atoms with Crippen LogP contribution in [0.2, 0.25) is 0 Å². The molecule has 0 saturated heterocycles. The Hall–Kier alpha value is -1.84. The highest BCUT2D eigenvalue weighted by atomic mass is 32.2. The topological polar surface area (TPSA) is 115 Å². The van der Waals surface area contributed by atoms with Gasteiger partial charge in [-0.3, -0.25) is 10.1 Å². The summed E-state index contributed by atoms with van der Waals surface area (Å²) in [7, 11) is -3.89. The second-order valence-corrected chi connectivity index (χ2v) is 7.76. The molecular formula is C14H18N4O3S2. The number of nitrogens with two attached hydrogens (primary N) is 1. The van der Waals surface area contributed by atoms with E-state index in [0.717, 1.165) is 17.8 Å².